The van der Waals surface area contributed by atoms with Crippen molar-refractivity contribution in [3.05, 3.63) is 45.4 Å². The Labute approximate surface area is 152 Å². The van der Waals surface area contributed by atoms with Crippen LogP contribution in [0.1, 0.15) is 15.4 Å². The molecule has 0 bridgehead atoms. The van der Waals surface area contributed by atoms with Gasteiger partial charge < -0.3 is 9.64 Å². The molecule has 1 aromatic carbocycles. The lowest BCUT2D eigenvalue weighted by Gasteiger charge is -2.26. The average Bonchev–Trinajstić information content (AvgIpc) is 3.17. The average molecular weight is 406 g/mol. The van der Waals surface area contributed by atoms with Crippen molar-refractivity contribution in [2.24, 2.45) is 0 Å². The summed E-state index contributed by atoms with van der Waals surface area (Å²) in [6.45, 7) is 4.52. The molecule has 0 N–H and O–H groups in total. The summed E-state index contributed by atoms with van der Waals surface area (Å²) in [6.07, 6.45) is 0. The van der Waals surface area contributed by atoms with E-state index in [9.17, 15) is 4.79 Å². The van der Waals surface area contributed by atoms with Crippen LogP contribution < -0.4 is 0 Å². The van der Waals surface area contributed by atoms with Gasteiger partial charge in [0.05, 0.1) is 29.5 Å². The molecule has 1 fully saturated rings. The lowest BCUT2D eigenvalue weighted by Crippen LogP contribution is -2.40. The van der Waals surface area contributed by atoms with Gasteiger partial charge in [0.15, 0.2) is 0 Å². The van der Waals surface area contributed by atoms with Crippen LogP contribution in [0.25, 0.3) is 15.9 Å². The Bertz CT molecular complexity index is 895. The number of carbonyl (C=O) groups is 1. The van der Waals surface area contributed by atoms with Gasteiger partial charge in [-0.25, -0.2) is 4.68 Å². The number of nitrogens with zero attached hydrogens (tertiary/aromatic N) is 3. The zero-order valence-electron chi connectivity index (χ0n) is 13.2. The van der Waals surface area contributed by atoms with E-state index >= 15 is 0 Å². The van der Waals surface area contributed by atoms with Crippen molar-refractivity contribution < 1.29 is 9.53 Å². The fraction of sp³-hybridized carbons (Fsp3) is 0.294. The normalized spacial score (nSPS) is 15.2. The molecule has 0 spiro atoms. The fourth-order valence-corrected chi connectivity index (χ4v) is 4.25. The first-order valence-corrected chi connectivity index (χ1v) is 9.36. The highest BCUT2D eigenvalue weighted by atomic mass is 79.9. The van der Waals surface area contributed by atoms with Gasteiger partial charge in [-0.05, 0) is 37.3 Å². The third-order valence-corrected chi connectivity index (χ3v) is 5.75. The molecule has 0 aliphatic carbocycles. The Morgan fingerprint density at radius 2 is 1.96 bits per heavy atom. The van der Waals surface area contributed by atoms with Gasteiger partial charge in [-0.3, -0.25) is 4.79 Å². The number of halogens is 1. The maximum atomic E-state index is 12.7. The molecule has 0 atom stereocenters. The van der Waals surface area contributed by atoms with Crippen LogP contribution >= 0.6 is 27.3 Å². The minimum atomic E-state index is 0.0845. The van der Waals surface area contributed by atoms with E-state index in [0.717, 1.165) is 30.9 Å². The van der Waals surface area contributed by atoms with Gasteiger partial charge in [-0.2, -0.15) is 5.10 Å². The molecular formula is C17H16BrN3O2S. The van der Waals surface area contributed by atoms with Crippen LogP contribution in [0.5, 0.6) is 0 Å². The highest BCUT2D eigenvalue weighted by Crippen LogP contribution is 2.31. The van der Waals surface area contributed by atoms with Crippen molar-refractivity contribution in [1.82, 2.24) is 14.7 Å². The second-order valence-corrected chi connectivity index (χ2v) is 7.65. The molecule has 2 aromatic heterocycles. The van der Waals surface area contributed by atoms with E-state index in [1.54, 1.807) is 0 Å². The second-order valence-electron chi connectivity index (χ2n) is 5.71. The first-order valence-electron chi connectivity index (χ1n) is 7.75. The lowest BCUT2D eigenvalue weighted by molar-refractivity contribution is 0.0306. The van der Waals surface area contributed by atoms with Crippen LogP contribution in [0.3, 0.4) is 0 Å². The van der Waals surface area contributed by atoms with E-state index in [4.69, 9.17) is 4.74 Å². The molecule has 0 unspecified atom stereocenters. The van der Waals surface area contributed by atoms with Crippen LogP contribution in [-0.4, -0.2) is 46.9 Å². The van der Waals surface area contributed by atoms with Crippen molar-refractivity contribution in [2.45, 2.75) is 6.92 Å². The predicted octanol–water partition coefficient (Wildman–Crippen LogP) is 3.63. The molecule has 0 saturated carbocycles. The summed E-state index contributed by atoms with van der Waals surface area (Å²) in [4.78, 5) is 16.3. The molecule has 3 heterocycles. The molecule has 24 heavy (non-hydrogen) atoms. The number of rotatable bonds is 2. The van der Waals surface area contributed by atoms with E-state index in [1.165, 1.54) is 11.3 Å². The number of aryl methyl sites for hydroxylation is 1. The van der Waals surface area contributed by atoms with Crippen LogP contribution in [0.15, 0.2) is 34.8 Å². The lowest BCUT2D eigenvalue weighted by atomic mass is 10.3. The third kappa shape index (κ3) is 2.76. The van der Waals surface area contributed by atoms with Crippen LogP contribution in [-0.2, 0) is 4.74 Å². The third-order valence-electron chi connectivity index (χ3n) is 4.12. The maximum Gasteiger partial charge on any atom is 0.264 e. The highest BCUT2D eigenvalue weighted by Gasteiger charge is 2.22. The summed E-state index contributed by atoms with van der Waals surface area (Å²) in [7, 11) is 0. The van der Waals surface area contributed by atoms with E-state index in [-0.39, 0.29) is 5.91 Å². The Kier molecular flexibility index (Phi) is 4.15. The van der Waals surface area contributed by atoms with Crippen molar-refractivity contribution >= 4 is 43.4 Å². The Morgan fingerprint density at radius 1 is 1.25 bits per heavy atom. The summed E-state index contributed by atoms with van der Waals surface area (Å²) in [5.41, 5.74) is 1.92. The summed E-state index contributed by atoms with van der Waals surface area (Å²) < 4.78 is 8.27. The molecule has 3 aromatic rings. The summed E-state index contributed by atoms with van der Waals surface area (Å²) in [5.74, 6) is 0.0845. The van der Waals surface area contributed by atoms with Gasteiger partial charge in [-0.15, -0.1) is 11.3 Å². The molecule has 124 valence electrons. The molecule has 5 nitrogen and oxygen atoms in total. The first-order chi connectivity index (χ1) is 11.6. The van der Waals surface area contributed by atoms with Gasteiger partial charge in [0.2, 0.25) is 0 Å². The standard InChI is InChI=1S/C17H16BrN3O2S/c1-11-14-10-15(16(22)20-6-8-23-9-7-20)24-17(14)21(19-11)13-4-2-12(18)3-5-13/h2-5,10H,6-9H2,1H3. The Hall–Kier alpha value is -1.70. The van der Waals surface area contributed by atoms with E-state index in [2.05, 4.69) is 21.0 Å². The van der Waals surface area contributed by atoms with Crippen molar-refractivity contribution in [1.29, 1.82) is 0 Å². The number of benzene rings is 1. The zero-order chi connectivity index (χ0) is 16.7. The van der Waals surface area contributed by atoms with E-state index < -0.39 is 0 Å². The Morgan fingerprint density at radius 3 is 2.67 bits per heavy atom. The number of carbonyl (C=O) groups excluding carboxylic acids is 1. The molecule has 1 aliphatic heterocycles. The van der Waals surface area contributed by atoms with Gasteiger partial charge in [0.25, 0.3) is 5.91 Å². The number of morpholine rings is 1. The molecule has 7 heteroatoms. The fourth-order valence-electron chi connectivity index (χ4n) is 2.83. The number of hydrogen-bond donors (Lipinski definition) is 0. The molecule has 4 rings (SSSR count). The topological polar surface area (TPSA) is 47.4 Å². The number of amides is 1. The van der Waals surface area contributed by atoms with Gasteiger partial charge in [-0.1, -0.05) is 15.9 Å². The van der Waals surface area contributed by atoms with E-state index in [1.807, 2.05) is 46.8 Å². The summed E-state index contributed by atoms with van der Waals surface area (Å²) in [6, 6.07) is 9.98. The predicted molar refractivity (Wildman–Crippen MR) is 98.1 cm³/mol. The number of thiophene rings is 1. The summed E-state index contributed by atoms with van der Waals surface area (Å²) in [5, 5.41) is 5.67. The van der Waals surface area contributed by atoms with Gasteiger partial charge >= 0.3 is 0 Å². The van der Waals surface area contributed by atoms with Crippen molar-refractivity contribution in [2.75, 3.05) is 26.3 Å². The number of fused-ring (bicyclic) bond motifs is 1. The summed E-state index contributed by atoms with van der Waals surface area (Å²) >= 11 is 4.95. The highest BCUT2D eigenvalue weighted by molar-refractivity contribution is 9.10. The SMILES string of the molecule is Cc1nn(-c2ccc(Br)cc2)c2sc(C(=O)N3CCOCC3)cc12. The molecule has 0 radical (unpaired) electrons. The number of aromatic nitrogens is 2. The number of ether oxygens (including phenoxy) is 1. The number of hydrogen-bond acceptors (Lipinski definition) is 4. The second kappa shape index (κ2) is 6.31. The quantitative estimate of drug-likeness (QED) is 0.653. The zero-order valence-corrected chi connectivity index (χ0v) is 15.6. The minimum Gasteiger partial charge on any atom is -0.378 e. The monoisotopic (exact) mass is 405 g/mol. The molecule has 1 saturated heterocycles. The first kappa shape index (κ1) is 15.8. The van der Waals surface area contributed by atoms with Crippen LogP contribution in [0, 0.1) is 6.92 Å². The minimum absolute atomic E-state index is 0.0845. The molecular weight excluding hydrogens is 390 g/mol. The van der Waals surface area contributed by atoms with Crippen LogP contribution in [0.4, 0.5) is 0 Å². The smallest absolute Gasteiger partial charge is 0.264 e. The van der Waals surface area contributed by atoms with Crippen LogP contribution in [0.2, 0.25) is 0 Å². The van der Waals surface area contributed by atoms with E-state index in [0.29, 0.717) is 26.3 Å². The Balaban J connectivity index is 1.74. The van der Waals surface area contributed by atoms with Crippen molar-refractivity contribution in [3.63, 3.8) is 0 Å². The largest absolute Gasteiger partial charge is 0.378 e. The maximum absolute atomic E-state index is 12.7. The van der Waals surface area contributed by atoms with Gasteiger partial charge in [0.1, 0.15) is 4.83 Å². The molecule has 1 aliphatic rings. The molecule has 1 amide bonds. The van der Waals surface area contributed by atoms with Crippen molar-refractivity contribution in [3.8, 4) is 5.69 Å². The van der Waals surface area contributed by atoms with Gasteiger partial charge in [0, 0.05) is 22.9 Å².